The van der Waals surface area contributed by atoms with E-state index in [0.29, 0.717) is 37.6 Å². The number of ketones is 1. The Bertz CT molecular complexity index is 969. The van der Waals surface area contributed by atoms with Crippen molar-refractivity contribution in [2.24, 2.45) is 7.05 Å². The first-order valence-corrected chi connectivity index (χ1v) is 11.8. The summed E-state index contributed by atoms with van der Waals surface area (Å²) >= 11 is 0. The smallest absolute Gasteiger partial charge is 0.243 e. The largest absolute Gasteiger partial charge is 0.351 e. The molecule has 2 heterocycles. The highest BCUT2D eigenvalue weighted by atomic mass is 32.2. The van der Waals surface area contributed by atoms with E-state index < -0.39 is 10.0 Å². The summed E-state index contributed by atoms with van der Waals surface area (Å²) < 4.78 is 29.5. The van der Waals surface area contributed by atoms with Crippen LogP contribution < -0.4 is 4.90 Å². The molecule has 0 aliphatic carbocycles. The average Bonchev–Trinajstić information content (AvgIpc) is 2.96. The standard InChI is InChI=1S/C22H31N3O3S/c1-5-6-19-7-9-20(10-8-19)29(27,28)25-13-11-24(12-14-25)16-22(26)21-15-17(2)23(4)18(21)3/h7-10,15H,5-6,11-14,16H2,1-4H3/p+1. The number of hydrogen-bond acceptors (Lipinski definition) is 3. The number of nitrogens with one attached hydrogen (secondary N) is 1. The van der Waals surface area contributed by atoms with Crippen LogP contribution in [0.1, 0.15) is 40.7 Å². The average molecular weight is 419 g/mol. The van der Waals surface area contributed by atoms with Crippen LogP contribution in [0.2, 0.25) is 0 Å². The quantitative estimate of drug-likeness (QED) is 0.691. The predicted molar refractivity (Wildman–Crippen MR) is 114 cm³/mol. The van der Waals surface area contributed by atoms with Gasteiger partial charge in [0.05, 0.1) is 31.1 Å². The molecule has 1 aromatic carbocycles. The van der Waals surface area contributed by atoms with Crippen molar-refractivity contribution in [3.05, 3.63) is 52.8 Å². The maximum Gasteiger partial charge on any atom is 0.243 e. The number of nitrogens with zero attached hydrogens (tertiary/aromatic N) is 2. The summed E-state index contributed by atoms with van der Waals surface area (Å²) in [7, 11) is -1.51. The topological polar surface area (TPSA) is 63.8 Å². The molecule has 1 N–H and O–H groups in total. The SMILES string of the molecule is CCCc1ccc(S(=O)(=O)N2CC[NH+](CC(=O)c3cc(C)n(C)c3C)CC2)cc1. The van der Waals surface area contributed by atoms with Crippen molar-refractivity contribution in [2.45, 2.75) is 38.5 Å². The van der Waals surface area contributed by atoms with E-state index in [1.165, 1.54) is 0 Å². The van der Waals surface area contributed by atoms with Gasteiger partial charge in [-0.15, -0.1) is 0 Å². The van der Waals surface area contributed by atoms with E-state index in [4.69, 9.17) is 0 Å². The van der Waals surface area contributed by atoms with Gasteiger partial charge in [-0.1, -0.05) is 25.5 Å². The summed E-state index contributed by atoms with van der Waals surface area (Å²) in [6, 6.07) is 9.18. The second-order valence-electron chi connectivity index (χ2n) is 7.99. The zero-order valence-electron chi connectivity index (χ0n) is 17.9. The molecule has 1 aliphatic rings. The molecule has 0 saturated carbocycles. The third-order valence-electron chi connectivity index (χ3n) is 6.02. The lowest BCUT2D eigenvalue weighted by Crippen LogP contribution is -3.15. The molecule has 1 aromatic heterocycles. The van der Waals surface area contributed by atoms with Crippen LogP contribution in [0.5, 0.6) is 0 Å². The van der Waals surface area contributed by atoms with Crippen LogP contribution in [-0.2, 0) is 23.5 Å². The molecular weight excluding hydrogens is 386 g/mol. The highest BCUT2D eigenvalue weighted by Crippen LogP contribution is 2.17. The van der Waals surface area contributed by atoms with E-state index in [1.807, 2.05) is 43.7 Å². The minimum Gasteiger partial charge on any atom is -0.351 e. The van der Waals surface area contributed by atoms with Gasteiger partial charge in [0.25, 0.3) is 0 Å². The molecule has 2 aromatic rings. The number of rotatable bonds is 7. The molecule has 3 rings (SSSR count). The Morgan fingerprint density at radius 1 is 1.10 bits per heavy atom. The van der Waals surface area contributed by atoms with E-state index >= 15 is 0 Å². The van der Waals surface area contributed by atoms with Gasteiger partial charge in [0.15, 0.2) is 0 Å². The first-order valence-electron chi connectivity index (χ1n) is 10.3. The van der Waals surface area contributed by atoms with Gasteiger partial charge in [-0.2, -0.15) is 4.31 Å². The van der Waals surface area contributed by atoms with Crippen LogP contribution in [0.3, 0.4) is 0 Å². The maximum absolute atomic E-state index is 12.9. The molecule has 0 unspecified atom stereocenters. The number of Topliss-reactive ketones (excluding diaryl/α,β-unsaturated/α-hetero) is 1. The van der Waals surface area contributed by atoms with Gasteiger partial charge in [0, 0.05) is 24.0 Å². The van der Waals surface area contributed by atoms with Gasteiger partial charge in [0.1, 0.15) is 6.54 Å². The lowest BCUT2D eigenvalue weighted by Gasteiger charge is -2.31. The molecule has 1 fully saturated rings. The molecule has 29 heavy (non-hydrogen) atoms. The number of quaternary nitrogens is 1. The van der Waals surface area contributed by atoms with E-state index in [0.717, 1.165) is 40.3 Å². The minimum atomic E-state index is -3.48. The summed E-state index contributed by atoms with van der Waals surface area (Å²) in [5.74, 6) is 0.129. The van der Waals surface area contributed by atoms with Crippen molar-refractivity contribution in [1.82, 2.24) is 8.87 Å². The fourth-order valence-corrected chi connectivity index (χ4v) is 5.39. The molecular formula is C22H32N3O3S+. The Balaban J connectivity index is 1.60. The Labute approximate surface area is 174 Å². The summed E-state index contributed by atoms with van der Waals surface area (Å²) in [6.07, 6.45) is 1.99. The molecule has 1 aliphatic heterocycles. The zero-order chi connectivity index (χ0) is 21.2. The van der Waals surface area contributed by atoms with Gasteiger partial charge < -0.3 is 9.47 Å². The first-order chi connectivity index (χ1) is 13.7. The van der Waals surface area contributed by atoms with Crippen molar-refractivity contribution in [1.29, 1.82) is 0 Å². The Morgan fingerprint density at radius 2 is 1.72 bits per heavy atom. The van der Waals surface area contributed by atoms with Crippen LogP contribution in [0.25, 0.3) is 0 Å². The lowest BCUT2D eigenvalue weighted by atomic mass is 10.1. The van der Waals surface area contributed by atoms with Gasteiger partial charge in [0.2, 0.25) is 15.8 Å². The zero-order valence-corrected chi connectivity index (χ0v) is 18.7. The predicted octanol–water partition coefficient (Wildman–Crippen LogP) is 1.37. The molecule has 0 amide bonds. The van der Waals surface area contributed by atoms with Crippen molar-refractivity contribution in [3.63, 3.8) is 0 Å². The fraction of sp³-hybridized carbons (Fsp3) is 0.500. The van der Waals surface area contributed by atoms with Crippen molar-refractivity contribution >= 4 is 15.8 Å². The monoisotopic (exact) mass is 418 g/mol. The van der Waals surface area contributed by atoms with Crippen molar-refractivity contribution in [3.8, 4) is 0 Å². The van der Waals surface area contributed by atoms with Crippen LogP contribution in [0, 0.1) is 13.8 Å². The fourth-order valence-electron chi connectivity index (χ4n) is 3.95. The Hall–Kier alpha value is -1.96. The summed E-state index contributed by atoms with van der Waals surface area (Å²) in [6.45, 7) is 8.64. The van der Waals surface area contributed by atoms with Crippen molar-refractivity contribution in [2.75, 3.05) is 32.7 Å². The number of sulfonamides is 1. The van der Waals surface area contributed by atoms with Gasteiger partial charge >= 0.3 is 0 Å². The first kappa shape index (κ1) is 21.7. The van der Waals surface area contributed by atoms with Gasteiger partial charge in [-0.25, -0.2) is 8.42 Å². The molecule has 6 nitrogen and oxygen atoms in total. The number of benzene rings is 1. The van der Waals surface area contributed by atoms with Crippen LogP contribution in [-0.4, -0.2) is 55.8 Å². The summed E-state index contributed by atoms with van der Waals surface area (Å²) in [5, 5.41) is 0. The second-order valence-corrected chi connectivity index (χ2v) is 9.93. The Morgan fingerprint density at radius 3 is 2.24 bits per heavy atom. The van der Waals surface area contributed by atoms with E-state index in [1.54, 1.807) is 16.4 Å². The molecule has 7 heteroatoms. The second kappa shape index (κ2) is 8.81. The maximum atomic E-state index is 12.9. The van der Waals surface area contributed by atoms with Gasteiger partial charge in [-0.05, 0) is 44.0 Å². The van der Waals surface area contributed by atoms with Crippen LogP contribution in [0.4, 0.5) is 0 Å². The van der Waals surface area contributed by atoms with E-state index in [2.05, 4.69) is 6.92 Å². The van der Waals surface area contributed by atoms with Crippen LogP contribution >= 0.6 is 0 Å². The van der Waals surface area contributed by atoms with Crippen molar-refractivity contribution < 1.29 is 18.1 Å². The number of aromatic nitrogens is 1. The third kappa shape index (κ3) is 4.63. The molecule has 0 radical (unpaired) electrons. The minimum absolute atomic E-state index is 0.129. The lowest BCUT2D eigenvalue weighted by molar-refractivity contribution is -0.895. The summed E-state index contributed by atoms with van der Waals surface area (Å²) in [5.41, 5.74) is 3.99. The normalized spacial score (nSPS) is 16.3. The highest BCUT2D eigenvalue weighted by Gasteiger charge is 2.31. The molecule has 1 saturated heterocycles. The molecule has 158 valence electrons. The number of hydrogen-bond donors (Lipinski definition) is 1. The molecule has 0 bridgehead atoms. The number of piperazine rings is 1. The number of aryl methyl sites for hydroxylation is 2. The number of carbonyl (C=O) groups excluding carboxylic acids is 1. The molecule has 0 atom stereocenters. The Kier molecular flexibility index (Phi) is 6.61. The summed E-state index contributed by atoms with van der Waals surface area (Å²) in [4.78, 5) is 14.2. The molecule has 0 spiro atoms. The number of carbonyl (C=O) groups is 1. The van der Waals surface area contributed by atoms with E-state index in [-0.39, 0.29) is 5.78 Å². The van der Waals surface area contributed by atoms with E-state index in [9.17, 15) is 13.2 Å². The van der Waals surface area contributed by atoms with Gasteiger partial charge in [-0.3, -0.25) is 4.79 Å². The third-order valence-corrected chi connectivity index (χ3v) is 7.93. The highest BCUT2D eigenvalue weighted by molar-refractivity contribution is 7.89. The van der Waals surface area contributed by atoms with Crippen LogP contribution in [0.15, 0.2) is 35.2 Å².